The van der Waals surface area contributed by atoms with Gasteiger partial charge in [-0.25, -0.2) is 0 Å². The molecule has 1 atom stereocenters. The van der Waals surface area contributed by atoms with Gasteiger partial charge in [-0.05, 0) is 32.1 Å². The van der Waals surface area contributed by atoms with Gasteiger partial charge < -0.3 is 10.5 Å². The topological polar surface area (TPSA) is 35.2 Å². The molecule has 2 N–H and O–H groups in total. The summed E-state index contributed by atoms with van der Waals surface area (Å²) in [4.78, 5) is 0. The van der Waals surface area contributed by atoms with Crippen LogP contribution in [0.5, 0.6) is 0 Å². The Labute approximate surface area is 94.9 Å². The van der Waals surface area contributed by atoms with E-state index in [4.69, 9.17) is 10.5 Å². The Hall–Kier alpha value is -0.340. The largest absolute Gasteiger partial charge is 0.381 e. The van der Waals surface area contributed by atoms with Crippen LogP contribution < -0.4 is 5.73 Å². The van der Waals surface area contributed by atoms with Crippen LogP contribution in [-0.4, -0.2) is 19.3 Å². The molecule has 0 spiro atoms. The maximum atomic E-state index is 5.97. The monoisotopic (exact) mass is 213 g/mol. The van der Waals surface area contributed by atoms with E-state index < -0.39 is 0 Å². The minimum absolute atomic E-state index is 0.325. The Balaban J connectivity index is 3.11. The van der Waals surface area contributed by atoms with E-state index in [1.54, 1.807) is 0 Å². The Morgan fingerprint density at radius 1 is 1.20 bits per heavy atom. The van der Waals surface area contributed by atoms with E-state index in [0.717, 1.165) is 38.9 Å². The Kier molecular flexibility index (Phi) is 11.5. The molecule has 0 rings (SSSR count). The molecule has 0 aliphatic heterocycles. The van der Waals surface area contributed by atoms with Crippen LogP contribution in [0.25, 0.3) is 0 Å². The van der Waals surface area contributed by atoms with Crippen molar-refractivity contribution in [1.82, 2.24) is 0 Å². The summed E-state index contributed by atoms with van der Waals surface area (Å²) in [7, 11) is 0. The zero-order valence-corrected chi connectivity index (χ0v) is 10.2. The predicted molar refractivity (Wildman–Crippen MR) is 67.0 cm³/mol. The molecule has 0 aliphatic carbocycles. The van der Waals surface area contributed by atoms with E-state index in [-0.39, 0.29) is 0 Å². The summed E-state index contributed by atoms with van der Waals surface area (Å²) in [6.45, 7) is 7.52. The van der Waals surface area contributed by atoms with Crippen LogP contribution in [0.15, 0.2) is 12.7 Å². The Morgan fingerprint density at radius 3 is 2.67 bits per heavy atom. The first kappa shape index (κ1) is 14.7. The van der Waals surface area contributed by atoms with E-state index in [0.29, 0.717) is 6.04 Å². The molecule has 0 saturated heterocycles. The summed E-state index contributed by atoms with van der Waals surface area (Å²) >= 11 is 0. The zero-order valence-electron chi connectivity index (χ0n) is 10.2. The smallest absolute Gasteiger partial charge is 0.0480 e. The molecule has 0 fully saturated rings. The molecule has 2 nitrogen and oxygen atoms in total. The first-order chi connectivity index (χ1) is 7.31. The van der Waals surface area contributed by atoms with Crippen molar-refractivity contribution >= 4 is 0 Å². The highest BCUT2D eigenvalue weighted by molar-refractivity contribution is 4.66. The summed E-state index contributed by atoms with van der Waals surface area (Å²) in [6.07, 6.45) is 10.1. The predicted octanol–water partition coefficient (Wildman–Crippen LogP) is 3.27. The number of allylic oxidation sites excluding steroid dienone is 1. The van der Waals surface area contributed by atoms with E-state index in [9.17, 15) is 0 Å². The maximum Gasteiger partial charge on any atom is 0.0480 e. The van der Waals surface area contributed by atoms with E-state index in [1.807, 2.05) is 6.08 Å². The van der Waals surface area contributed by atoms with Crippen molar-refractivity contribution in [1.29, 1.82) is 0 Å². The lowest BCUT2D eigenvalue weighted by Crippen LogP contribution is -2.21. The third-order valence-corrected chi connectivity index (χ3v) is 2.46. The second-order valence-corrected chi connectivity index (χ2v) is 4.09. The molecule has 0 saturated carbocycles. The van der Waals surface area contributed by atoms with E-state index in [2.05, 4.69) is 13.5 Å². The van der Waals surface area contributed by atoms with Crippen molar-refractivity contribution in [2.45, 2.75) is 57.9 Å². The first-order valence-corrected chi connectivity index (χ1v) is 6.25. The summed E-state index contributed by atoms with van der Waals surface area (Å²) in [6, 6.07) is 0.325. The van der Waals surface area contributed by atoms with Crippen LogP contribution in [0.2, 0.25) is 0 Å². The highest BCUT2D eigenvalue weighted by atomic mass is 16.5. The zero-order chi connectivity index (χ0) is 11.4. The van der Waals surface area contributed by atoms with E-state index in [1.165, 1.54) is 19.3 Å². The lowest BCUT2D eigenvalue weighted by molar-refractivity contribution is 0.127. The number of unbranched alkanes of at least 4 members (excludes halogenated alkanes) is 3. The van der Waals surface area contributed by atoms with E-state index >= 15 is 0 Å². The summed E-state index contributed by atoms with van der Waals surface area (Å²) < 4.78 is 5.41. The molecule has 0 aromatic carbocycles. The molecule has 2 heteroatoms. The molecule has 0 heterocycles. The van der Waals surface area contributed by atoms with Crippen molar-refractivity contribution in [2.75, 3.05) is 13.2 Å². The molecule has 15 heavy (non-hydrogen) atoms. The average molecular weight is 213 g/mol. The summed E-state index contributed by atoms with van der Waals surface area (Å²) in [5.74, 6) is 0. The van der Waals surface area contributed by atoms with Gasteiger partial charge in [-0.15, -0.1) is 6.58 Å². The number of hydrogen-bond acceptors (Lipinski definition) is 2. The summed E-state index contributed by atoms with van der Waals surface area (Å²) in [5, 5.41) is 0. The van der Waals surface area contributed by atoms with Gasteiger partial charge in [-0.1, -0.05) is 25.8 Å². The molecule has 0 aromatic heterocycles. The molecule has 0 amide bonds. The van der Waals surface area contributed by atoms with Gasteiger partial charge in [0.05, 0.1) is 0 Å². The summed E-state index contributed by atoms with van der Waals surface area (Å²) in [5.41, 5.74) is 5.97. The fourth-order valence-electron chi connectivity index (χ4n) is 1.50. The van der Waals surface area contributed by atoms with Crippen molar-refractivity contribution in [3.63, 3.8) is 0 Å². The second-order valence-electron chi connectivity index (χ2n) is 4.09. The van der Waals surface area contributed by atoms with Gasteiger partial charge in [-0.3, -0.25) is 0 Å². The SMILES string of the molecule is C=CCCCCCC(N)CCOCCC. The minimum Gasteiger partial charge on any atom is -0.381 e. The number of nitrogens with two attached hydrogens (primary N) is 1. The second kappa shape index (κ2) is 11.7. The van der Waals surface area contributed by atoms with Crippen molar-refractivity contribution < 1.29 is 4.74 Å². The molecular weight excluding hydrogens is 186 g/mol. The molecular formula is C13H27NO. The van der Waals surface area contributed by atoms with Crippen molar-refractivity contribution in [3.05, 3.63) is 12.7 Å². The molecule has 0 radical (unpaired) electrons. The standard InChI is InChI=1S/C13H27NO/c1-3-5-6-7-8-9-13(14)10-12-15-11-4-2/h3,13H,1,4-12,14H2,2H3. The molecule has 90 valence electrons. The third kappa shape index (κ3) is 11.6. The fourth-order valence-corrected chi connectivity index (χ4v) is 1.50. The van der Waals surface area contributed by atoms with Gasteiger partial charge in [0, 0.05) is 19.3 Å². The highest BCUT2D eigenvalue weighted by Crippen LogP contribution is 2.07. The Bertz CT molecular complexity index is 136. The van der Waals surface area contributed by atoms with Gasteiger partial charge >= 0.3 is 0 Å². The van der Waals surface area contributed by atoms with Crippen LogP contribution >= 0.6 is 0 Å². The van der Waals surface area contributed by atoms with Crippen LogP contribution in [0.1, 0.15) is 51.9 Å². The number of hydrogen-bond donors (Lipinski definition) is 1. The van der Waals surface area contributed by atoms with Crippen LogP contribution in [-0.2, 0) is 4.74 Å². The van der Waals surface area contributed by atoms with Gasteiger partial charge in [0.15, 0.2) is 0 Å². The Morgan fingerprint density at radius 2 is 2.00 bits per heavy atom. The van der Waals surface area contributed by atoms with Crippen molar-refractivity contribution in [2.24, 2.45) is 5.73 Å². The van der Waals surface area contributed by atoms with Crippen molar-refractivity contribution in [3.8, 4) is 0 Å². The molecule has 0 aliphatic rings. The number of rotatable bonds is 11. The lowest BCUT2D eigenvalue weighted by atomic mass is 10.1. The molecule has 1 unspecified atom stereocenters. The van der Waals surface area contributed by atoms with Crippen LogP contribution in [0.3, 0.4) is 0 Å². The van der Waals surface area contributed by atoms with Gasteiger partial charge in [0.2, 0.25) is 0 Å². The normalized spacial score (nSPS) is 12.7. The van der Waals surface area contributed by atoms with Gasteiger partial charge in [0.1, 0.15) is 0 Å². The van der Waals surface area contributed by atoms with Gasteiger partial charge in [-0.2, -0.15) is 0 Å². The fraction of sp³-hybridized carbons (Fsp3) is 0.846. The first-order valence-electron chi connectivity index (χ1n) is 6.25. The van der Waals surface area contributed by atoms with Gasteiger partial charge in [0.25, 0.3) is 0 Å². The average Bonchev–Trinajstić information content (AvgIpc) is 2.24. The third-order valence-electron chi connectivity index (χ3n) is 2.46. The quantitative estimate of drug-likeness (QED) is 0.422. The lowest BCUT2D eigenvalue weighted by Gasteiger charge is -2.11. The molecule has 0 bridgehead atoms. The van der Waals surface area contributed by atoms with Crippen LogP contribution in [0.4, 0.5) is 0 Å². The maximum absolute atomic E-state index is 5.97. The highest BCUT2D eigenvalue weighted by Gasteiger charge is 2.01. The van der Waals surface area contributed by atoms with Crippen LogP contribution in [0, 0.1) is 0 Å². The number of ether oxygens (including phenoxy) is 1. The minimum atomic E-state index is 0.325. The molecule has 0 aromatic rings.